The molecule has 0 aliphatic carbocycles. The van der Waals surface area contributed by atoms with E-state index < -0.39 is 27.8 Å². The minimum absolute atomic E-state index is 0.0571. The van der Waals surface area contributed by atoms with E-state index in [1.165, 1.54) is 37.3 Å². The predicted octanol–water partition coefficient (Wildman–Crippen LogP) is 3.95. The molecule has 0 spiro atoms. The third-order valence-corrected chi connectivity index (χ3v) is 5.75. The molecular formula is C17H17BrClFN2O4S. The number of carbonyl (C=O) groups is 1. The number of hydrogen-bond donors (Lipinski definition) is 2. The molecule has 0 heterocycles. The highest BCUT2D eigenvalue weighted by atomic mass is 79.9. The maximum Gasteiger partial charge on any atom is 0.242 e. The lowest BCUT2D eigenvalue weighted by atomic mass is 10.2. The average molecular weight is 480 g/mol. The number of ether oxygens (including phenoxy) is 1. The number of sulfonamides is 1. The van der Waals surface area contributed by atoms with Gasteiger partial charge in [0.2, 0.25) is 15.9 Å². The quantitative estimate of drug-likeness (QED) is 0.630. The Kier molecular flexibility index (Phi) is 7.21. The van der Waals surface area contributed by atoms with Gasteiger partial charge < -0.3 is 10.1 Å². The van der Waals surface area contributed by atoms with E-state index in [1.54, 1.807) is 13.0 Å². The van der Waals surface area contributed by atoms with Gasteiger partial charge in [-0.05, 0) is 50.2 Å². The summed E-state index contributed by atoms with van der Waals surface area (Å²) < 4.78 is 46.7. The molecule has 10 heteroatoms. The molecule has 0 bridgehead atoms. The van der Waals surface area contributed by atoms with Crippen molar-refractivity contribution in [3.05, 3.63) is 51.7 Å². The van der Waals surface area contributed by atoms with Gasteiger partial charge in [0, 0.05) is 4.47 Å². The Bertz CT molecular complexity index is 956. The van der Waals surface area contributed by atoms with Crippen molar-refractivity contribution in [3.63, 3.8) is 0 Å². The fraction of sp³-hybridized carbons (Fsp3) is 0.235. The average Bonchev–Trinajstić information content (AvgIpc) is 2.58. The Labute approximate surface area is 170 Å². The Balaban J connectivity index is 2.12. The van der Waals surface area contributed by atoms with Crippen molar-refractivity contribution in [1.82, 2.24) is 4.72 Å². The van der Waals surface area contributed by atoms with E-state index in [1.807, 2.05) is 0 Å². The Morgan fingerprint density at radius 3 is 2.59 bits per heavy atom. The summed E-state index contributed by atoms with van der Waals surface area (Å²) in [6.45, 7) is 3.50. The van der Waals surface area contributed by atoms with E-state index >= 15 is 0 Å². The highest BCUT2D eigenvalue weighted by Gasteiger charge is 2.23. The van der Waals surface area contributed by atoms with Crippen LogP contribution in [-0.2, 0) is 14.8 Å². The minimum Gasteiger partial charge on any atom is -0.492 e. The van der Waals surface area contributed by atoms with E-state index in [0.717, 1.165) is 0 Å². The molecule has 6 nitrogen and oxygen atoms in total. The molecule has 146 valence electrons. The lowest BCUT2D eigenvalue weighted by Gasteiger charge is -2.15. The Morgan fingerprint density at radius 1 is 1.30 bits per heavy atom. The summed E-state index contributed by atoms with van der Waals surface area (Å²) in [5.74, 6) is -1.00. The van der Waals surface area contributed by atoms with E-state index in [4.69, 9.17) is 16.3 Å². The second-order valence-corrected chi connectivity index (χ2v) is 8.52. The lowest BCUT2D eigenvalue weighted by molar-refractivity contribution is -0.117. The van der Waals surface area contributed by atoms with Gasteiger partial charge in [0.1, 0.15) is 11.6 Å². The zero-order chi connectivity index (χ0) is 20.2. The number of nitrogens with one attached hydrogen (secondary N) is 2. The molecule has 0 saturated carbocycles. The summed E-state index contributed by atoms with van der Waals surface area (Å²) in [6.07, 6.45) is 0. The number of benzene rings is 2. The molecule has 2 rings (SSSR count). The molecular weight excluding hydrogens is 463 g/mol. The Morgan fingerprint density at radius 2 is 2.00 bits per heavy atom. The highest BCUT2D eigenvalue weighted by molar-refractivity contribution is 9.10. The summed E-state index contributed by atoms with van der Waals surface area (Å²) in [5.41, 5.74) is -0.0571. The van der Waals surface area contributed by atoms with Gasteiger partial charge >= 0.3 is 0 Å². The monoisotopic (exact) mass is 478 g/mol. The molecule has 2 aromatic carbocycles. The summed E-state index contributed by atoms with van der Waals surface area (Å²) in [5, 5.41) is 2.47. The van der Waals surface area contributed by atoms with E-state index in [9.17, 15) is 17.6 Å². The van der Waals surface area contributed by atoms with Crippen molar-refractivity contribution in [2.45, 2.75) is 24.8 Å². The molecule has 0 aromatic heterocycles. The summed E-state index contributed by atoms with van der Waals surface area (Å²) in [6, 6.07) is 6.93. The lowest BCUT2D eigenvalue weighted by Crippen LogP contribution is -2.41. The number of rotatable bonds is 7. The van der Waals surface area contributed by atoms with Gasteiger partial charge in [-0.3, -0.25) is 4.79 Å². The predicted molar refractivity (Wildman–Crippen MR) is 105 cm³/mol. The van der Waals surface area contributed by atoms with Crippen LogP contribution in [0.5, 0.6) is 5.75 Å². The third-order valence-electron chi connectivity index (χ3n) is 3.43. The first-order valence-corrected chi connectivity index (χ1v) is 10.5. The number of halogens is 3. The van der Waals surface area contributed by atoms with Crippen LogP contribution in [0.25, 0.3) is 0 Å². The van der Waals surface area contributed by atoms with Crippen LogP contribution in [0.1, 0.15) is 13.8 Å². The second kappa shape index (κ2) is 9.01. The molecule has 0 aliphatic rings. The maximum absolute atomic E-state index is 13.8. The van der Waals surface area contributed by atoms with Crippen molar-refractivity contribution in [3.8, 4) is 5.75 Å². The topological polar surface area (TPSA) is 84.5 Å². The van der Waals surface area contributed by atoms with E-state index in [-0.39, 0.29) is 15.6 Å². The van der Waals surface area contributed by atoms with Gasteiger partial charge in [0.15, 0.2) is 0 Å². The van der Waals surface area contributed by atoms with Crippen LogP contribution in [-0.4, -0.2) is 27.0 Å². The smallest absolute Gasteiger partial charge is 0.242 e. The molecule has 0 unspecified atom stereocenters. The second-order valence-electron chi connectivity index (χ2n) is 5.48. The molecule has 1 amide bonds. The van der Waals surface area contributed by atoms with E-state index in [2.05, 4.69) is 26.0 Å². The van der Waals surface area contributed by atoms with Crippen molar-refractivity contribution < 1.29 is 22.3 Å². The first kappa shape index (κ1) is 21.6. The molecule has 2 aromatic rings. The van der Waals surface area contributed by atoms with Gasteiger partial charge in [0.05, 0.1) is 28.3 Å². The van der Waals surface area contributed by atoms with E-state index in [0.29, 0.717) is 16.8 Å². The molecule has 2 N–H and O–H groups in total. The molecule has 0 saturated heterocycles. The minimum atomic E-state index is -4.02. The molecule has 27 heavy (non-hydrogen) atoms. The fourth-order valence-electron chi connectivity index (χ4n) is 2.11. The fourth-order valence-corrected chi connectivity index (χ4v) is 3.97. The number of anilines is 1. The molecule has 0 fully saturated rings. The van der Waals surface area contributed by atoms with Gasteiger partial charge in [0.25, 0.3) is 0 Å². The highest BCUT2D eigenvalue weighted by Crippen LogP contribution is 2.27. The summed E-state index contributed by atoms with van der Waals surface area (Å²) >= 11 is 9.12. The van der Waals surface area contributed by atoms with Gasteiger partial charge in [-0.15, -0.1) is 0 Å². The maximum atomic E-state index is 13.8. The number of amides is 1. The Hall–Kier alpha value is -1.68. The summed E-state index contributed by atoms with van der Waals surface area (Å²) in [7, 11) is -4.02. The normalized spacial score (nSPS) is 12.5. The number of hydrogen-bond acceptors (Lipinski definition) is 4. The number of carbonyl (C=O) groups excluding carboxylic acids is 1. The summed E-state index contributed by atoms with van der Waals surface area (Å²) in [4.78, 5) is 12.1. The van der Waals surface area contributed by atoms with Crippen LogP contribution in [0.2, 0.25) is 5.02 Å². The zero-order valence-corrected chi connectivity index (χ0v) is 17.6. The largest absolute Gasteiger partial charge is 0.492 e. The van der Waals surface area contributed by atoms with Crippen molar-refractivity contribution >= 4 is 49.1 Å². The van der Waals surface area contributed by atoms with Crippen molar-refractivity contribution in [2.24, 2.45) is 0 Å². The molecule has 0 aliphatic heterocycles. The van der Waals surface area contributed by atoms with Crippen LogP contribution in [0, 0.1) is 5.82 Å². The standard InChI is InChI=1S/C17H17BrClFN2O4S/c1-3-26-16-7-5-12(9-13(16)19)27(24,25)22-10(2)17(23)21-15-6-4-11(18)8-14(15)20/h4-10,22H,3H2,1-2H3,(H,21,23)/t10-/m1/s1. The van der Waals surface area contributed by atoms with Gasteiger partial charge in [-0.2, -0.15) is 4.72 Å². The van der Waals surface area contributed by atoms with Crippen molar-refractivity contribution in [2.75, 3.05) is 11.9 Å². The van der Waals surface area contributed by atoms with Crippen LogP contribution >= 0.6 is 27.5 Å². The van der Waals surface area contributed by atoms with Gasteiger partial charge in [-0.1, -0.05) is 27.5 Å². The first-order chi connectivity index (χ1) is 12.6. The first-order valence-electron chi connectivity index (χ1n) is 7.84. The third kappa shape index (κ3) is 5.65. The molecule has 0 radical (unpaired) electrons. The molecule has 1 atom stereocenters. The van der Waals surface area contributed by atoms with Crippen LogP contribution < -0.4 is 14.8 Å². The van der Waals surface area contributed by atoms with Crippen molar-refractivity contribution in [1.29, 1.82) is 0 Å². The van der Waals surface area contributed by atoms with Crippen LogP contribution in [0.4, 0.5) is 10.1 Å². The SMILES string of the molecule is CCOc1ccc(S(=O)(=O)N[C@H](C)C(=O)Nc2ccc(Br)cc2F)cc1Cl. The zero-order valence-electron chi connectivity index (χ0n) is 14.4. The van der Waals surface area contributed by atoms with Crippen LogP contribution in [0.3, 0.4) is 0 Å². The van der Waals surface area contributed by atoms with Crippen LogP contribution in [0.15, 0.2) is 45.8 Å². The van der Waals surface area contributed by atoms with Gasteiger partial charge in [-0.25, -0.2) is 12.8 Å².